The van der Waals surface area contributed by atoms with Crippen LogP contribution in [0.1, 0.15) is 36.1 Å². The maximum atomic E-state index is 13.5. The van der Waals surface area contributed by atoms with Gasteiger partial charge in [0.15, 0.2) is 5.96 Å². The number of rotatable bonds is 10. The van der Waals surface area contributed by atoms with E-state index in [0.717, 1.165) is 22.8 Å². The van der Waals surface area contributed by atoms with Gasteiger partial charge in [-0.2, -0.15) is 0 Å². The molecule has 0 aromatic heterocycles. The normalized spacial score (nSPS) is 10.9. The van der Waals surface area contributed by atoms with E-state index in [1.54, 1.807) is 13.8 Å². The lowest BCUT2D eigenvalue weighted by Crippen LogP contribution is -2.51. The van der Waals surface area contributed by atoms with Crippen molar-refractivity contribution < 1.29 is 18.4 Å². The summed E-state index contributed by atoms with van der Waals surface area (Å²) in [4.78, 5) is 24.9. The molecule has 0 saturated carbocycles. The summed E-state index contributed by atoms with van der Waals surface area (Å²) in [6, 6.07) is 20.0. The fraction of sp³-hybridized carbons (Fsp3) is 0.250. The summed E-state index contributed by atoms with van der Waals surface area (Å²) in [5, 5.41) is 16.9. The molecular weight excluding hydrogens is 476 g/mol. The molecular formula is C28H31F2N5O2. The van der Waals surface area contributed by atoms with Gasteiger partial charge in [-0.1, -0.05) is 54.6 Å². The molecule has 3 rings (SSSR count). The van der Waals surface area contributed by atoms with Crippen LogP contribution < -0.4 is 16.0 Å². The van der Waals surface area contributed by atoms with Crippen molar-refractivity contribution >= 4 is 18.4 Å². The molecule has 0 aliphatic carbocycles. The molecule has 37 heavy (non-hydrogen) atoms. The third-order valence-electron chi connectivity index (χ3n) is 5.56. The molecule has 4 N–H and O–H groups in total. The molecule has 9 heteroatoms. The summed E-state index contributed by atoms with van der Waals surface area (Å²) in [6.45, 7) is 4.50. The van der Waals surface area contributed by atoms with Crippen LogP contribution in [0.25, 0.3) is 0 Å². The molecule has 0 bridgehead atoms. The van der Waals surface area contributed by atoms with Crippen LogP contribution >= 0.6 is 0 Å². The maximum absolute atomic E-state index is 13.5. The number of amides is 3. The first-order valence-electron chi connectivity index (χ1n) is 11.8. The van der Waals surface area contributed by atoms with E-state index in [9.17, 15) is 18.4 Å². The largest absolute Gasteiger partial charge is 0.351 e. The molecule has 0 heterocycles. The number of hydrogen-bond acceptors (Lipinski definition) is 3. The van der Waals surface area contributed by atoms with Gasteiger partial charge in [0.25, 0.3) is 0 Å². The minimum Gasteiger partial charge on any atom is -0.351 e. The molecule has 0 aliphatic rings. The first-order valence-corrected chi connectivity index (χ1v) is 11.8. The van der Waals surface area contributed by atoms with E-state index in [-0.39, 0.29) is 25.0 Å². The van der Waals surface area contributed by atoms with Crippen molar-refractivity contribution in [1.82, 2.24) is 20.9 Å². The van der Waals surface area contributed by atoms with Crippen LogP contribution in [0.5, 0.6) is 0 Å². The van der Waals surface area contributed by atoms with Crippen molar-refractivity contribution in [3.8, 4) is 0 Å². The van der Waals surface area contributed by atoms with Gasteiger partial charge in [0.2, 0.25) is 6.41 Å². The molecule has 0 unspecified atom stereocenters. The SMILES string of the molecule is CC(C)(Cc1cc(F)cc(F)c1)NC(=N)N(C=O)Cc1ccc(CNC(=O)NCc2ccccc2)cc1. The molecule has 0 saturated heterocycles. The van der Waals surface area contributed by atoms with Gasteiger partial charge in [0.1, 0.15) is 11.6 Å². The number of benzene rings is 3. The highest BCUT2D eigenvalue weighted by Gasteiger charge is 2.23. The van der Waals surface area contributed by atoms with Crippen LogP contribution in [0.2, 0.25) is 0 Å². The van der Waals surface area contributed by atoms with Crippen LogP contribution in [0.15, 0.2) is 72.8 Å². The number of guanidine groups is 1. The standard InChI is InChI=1S/C28H31F2N5O2/c1-28(2,15-23-12-24(29)14-25(30)13-23)34-26(31)35(19-36)18-22-10-8-21(9-11-22)17-33-27(37)32-16-20-6-4-3-5-7-20/h3-14,19H,15-18H2,1-2H3,(H2,31,34)(H2,32,33,37). The highest BCUT2D eigenvalue weighted by atomic mass is 19.1. The minimum atomic E-state index is -0.741. The second-order valence-electron chi connectivity index (χ2n) is 9.38. The van der Waals surface area contributed by atoms with E-state index < -0.39 is 17.2 Å². The van der Waals surface area contributed by atoms with Gasteiger partial charge in [-0.3, -0.25) is 15.1 Å². The van der Waals surface area contributed by atoms with Gasteiger partial charge in [-0.15, -0.1) is 0 Å². The van der Waals surface area contributed by atoms with Crippen LogP contribution in [0, 0.1) is 17.0 Å². The second-order valence-corrected chi connectivity index (χ2v) is 9.38. The van der Waals surface area contributed by atoms with E-state index in [1.165, 1.54) is 17.0 Å². The molecule has 3 aromatic rings. The summed E-state index contributed by atoms with van der Waals surface area (Å²) >= 11 is 0. The Labute approximate surface area is 215 Å². The number of hydrogen-bond donors (Lipinski definition) is 4. The van der Waals surface area contributed by atoms with Crippen molar-refractivity contribution in [2.24, 2.45) is 0 Å². The van der Waals surface area contributed by atoms with E-state index in [0.29, 0.717) is 25.1 Å². The highest BCUT2D eigenvalue weighted by Crippen LogP contribution is 2.16. The Balaban J connectivity index is 1.49. The molecule has 0 fully saturated rings. The smallest absolute Gasteiger partial charge is 0.315 e. The summed E-state index contributed by atoms with van der Waals surface area (Å²) in [6.07, 6.45) is 0.803. The van der Waals surface area contributed by atoms with Crippen molar-refractivity contribution in [1.29, 1.82) is 5.41 Å². The number of halogens is 2. The fourth-order valence-electron chi connectivity index (χ4n) is 3.81. The van der Waals surface area contributed by atoms with Crippen LogP contribution in [0.4, 0.5) is 13.6 Å². The Morgan fingerprint density at radius 2 is 1.41 bits per heavy atom. The Morgan fingerprint density at radius 1 is 0.865 bits per heavy atom. The van der Waals surface area contributed by atoms with E-state index >= 15 is 0 Å². The average Bonchev–Trinajstić information content (AvgIpc) is 2.84. The zero-order valence-electron chi connectivity index (χ0n) is 20.9. The maximum Gasteiger partial charge on any atom is 0.315 e. The number of urea groups is 1. The number of nitrogens with zero attached hydrogens (tertiary/aromatic N) is 1. The zero-order chi connectivity index (χ0) is 26.8. The Bertz CT molecular complexity index is 1200. The third kappa shape index (κ3) is 9.03. The molecule has 194 valence electrons. The number of carbonyl (C=O) groups excluding carboxylic acids is 2. The van der Waals surface area contributed by atoms with Gasteiger partial charge in [0.05, 0.1) is 6.54 Å². The van der Waals surface area contributed by atoms with Gasteiger partial charge in [-0.05, 0) is 54.7 Å². The van der Waals surface area contributed by atoms with E-state index in [4.69, 9.17) is 5.41 Å². The zero-order valence-corrected chi connectivity index (χ0v) is 20.9. The van der Waals surface area contributed by atoms with Crippen LogP contribution in [-0.4, -0.2) is 28.8 Å². The summed E-state index contributed by atoms with van der Waals surface area (Å²) in [5.74, 6) is -1.46. The van der Waals surface area contributed by atoms with Gasteiger partial charge < -0.3 is 16.0 Å². The number of carbonyl (C=O) groups is 2. The molecule has 7 nitrogen and oxygen atoms in total. The highest BCUT2D eigenvalue weighted by molar-refractivity contribution is 5.87. The van der Waals surface area contributed by atoms with Crippen LogP contribution in [-0.2, 0) is 30.8 Å². The van der Waals surface area contributed by atoms with Crippen LogP contribution in [0.3, 0.4) is 0 Å². The molecule has 0 radical (unpaired) electrons. The Hall–Kier alpha value is -4.27. The molecule has 0 spiro atoms. The van der Waals surface area contributed by atoms with Crippen molar-refractivity contribution in [2.75, 3.05) is 0 Å². The molecule has 0 aliphatic heterocycles. The minimum absolute atomic E-state index is 0.127. The number of nitrogens with one attached hydrogen (secondary N) is 4. The fourth-order valence-corrected chi connectivity index (χ4v) is 3.81. The Morgan fingerprint density at radius 3 is 1.97 bits per heavy atom. The first kappa shape index (κ1) is 27.3. The third-order valence-corrected chi connectivity index (χ3v) is 5.56. The Kier molecular flexibility index (Phi) is 9.32. The van der Waals surface area contributed by atoms with Gasteiger partial charge in [0, 0.05) is 24.7 Å². The van der Waals surface area contributed by atoms with Crippen molar-refractivity contribution in [2.45, 2.75) is 45.4 Å². The lowest BCUT2D eigenvalue weighted by atomic mass is 9.95. The monoisotopic (exact) mass is 507 g/mol. The lowest BCUT2D eigenvalue weighted by molar-refractivity contribution is -0.115. The lowest BCUT2D eigenvalue weighted by Gasteiger charge is -2.31. The second kappa shape index (κ2) is 12.6. The topological polar surface area (TPSA) is 97.3 Å². The molecule has 3 aromatic carbocycles. The molecule has 0 atom stereocenters. The predicted molar refractivity (Wildman–Crippen MR) is 139 cm³/mol. The van der Waals surface area contributed by atoms with E-state index in [2.05, 4.69) is 16.0 Å². The van der Waals surface area contributed by atoms with Crippen molar-refractivity contribution in [3.63, 3.8) is 0 Å². The molecule has 3 amide bonds. The summed E-state index contributed by atoms with van der Waals surface area (Å²) in [5.41, 5.74) is 2.38. The first-order chi connectivity index (χ1) is 17.6. The van der Waals surface area contributed by atoms with Crippen molar-refractivity contribution in [3.05, 3.63) is 107 Å². The quantitative estimate of drug-likeness (QED) is 0.185. The van der Waals surface area contributed by atoms with Gasteiger partial charge >= 0.3 is 6.03 Å². The summed E-state index contributed by atoms with van der Waals surface area (Å²) in [7, 11) is 0. The van der Waals surface area contributed by atoms with E-state index in [1.807, 2.05) is 54.6 Å². The van der Waals surface area contributed by atoms with Gasteiger partial charge in [-0.25, -0.2) is 13.6 Å². The predicted octanol–water partition coefficient (Wildman–Crippen LogP) is 4.47. The summed E-state index contributed by atoms with van der Waals surface area (Å²) < 4.78 is 27.0. The average molecular weight is 508 g/mol.